The highest BCUT2D eigenvalue weighted by Crippen LogP contribution is 2.08. The summed E-state index contributed by atoms with van der Waals surface area (Å²) < 4.78 is 1.83. The molecule has 1 aromatic carbocycles. The predicted octanol–water partition coefficient (Wildman–Crippen LogP) is 3.00. The van der Waals surface area contributed by atoms with Crippen molar-refractivity contribution in [1.29, 1.82) is 0 Å². The van der Waals surface area contributed by atoms with E-state index in [-0.39, 0.29) is 0 Å². The third-order valence-electron chi connectivity index (χ3n) is 2.60. The molecule has 0 spiro atoms. The molecule has 16 heavy (non-hydrogen) atoms. The number of rotatable bonds is 5. The molecule has 0 saturated carbocycles. The Morgan fingerprint density at radius 3 is 2.69 bits per heavy atom. The van der Waals surface area contributed by atoms with Crippen molar-refractivity contribution < 1.29 is 0 Å². The van der Waals surface area contributed by atoms with Gasteiger partial charge in [0, 0.05) is 0 Å². The SMILES string of the molecule is CCCCCc1cn(-c2ccccc2)nn1. The largest absolute Gasteiger partial charge is 0.220 e. The Bertz CT molecular complexity index is 420. The summed E-state index contributed by atoms with van der Waals surface area (Å²) in [6, 6.07) is 10.1. The molecule has 0 amide bonds. The van der Waals surface area contributed by atoms with E-state index in [9.17, 15) is 0 Å². The summed E-state index contributed by atoms with van der Waals surface area (Å²) in [6.45, 7) is 2.21. The molecule has 0 aliphatic rings. The van der Waals surface area contributed by atoms with Crippen molar-refractivity contribution in [1.82, 2.24) is 15.0 Å². The van der Waals surface area contributed by atoms with Crippen LogP contribution in [0.5, 0.6) is 0 Å². The number of nitrogens with zero attached hydrogens (tertiary/aromatic N) is 3. The van der Waals surface area contributed by atoms with Crippen LogP contribution in [0.25, 0.3) is 5.69 Å². The molecule has 84 valence electrons. The first-order valence-corrected chi connectivity index (χ1v) is 5.87. The maximum Gasteiger partial charge on any atom is 0.0831 e. The second-order valence-corrected chi connectivity index (χ2v) is 3.95. The number of aryl methyl sites for hydroxylation is 1. The number of aromatic nitrogens is 3. The molecule has 0 saturated heterocycles. The van der Waals surface area contributed by atoms with Gasteiger partial charge in [0.05, 0.1) is 17.6 Å². The summed E-state index contributed by atoms with van der Waals surface area (Å²) >= 11 is 0. The molecule has 0 atom stereocenters. The molecule has 3 heteroatoms. The van der Waals surface area contributed by atoms with Crippen LogP contribution in [0.4, 0.5) is 0 Å². The minimum Gasteiger partial charge on any atom is -0.220 e. The van der Waals surface area contributed by atoms with E-state index >= 15 is 0 Å². The zero-order valence-corrected chi connectivity index (χ0v) is 9.63. The Balaban J connectivity index is 2.02. The Morgan fingerprint density at radius 2 is 1.94 bits per heavy atom. The van der Waals surface area contributed by atoms with Gasteiger partial charge in [0.15, 0.2) is 0 Å². The van der Waals surface area contributed by atoms with Gasteiger partial charge in [-0.05, 0) is 25.0 Å². The van der Waals surface area contributed by atoms with Crippen LogP contribution < -0.4 is 0 Å². The van der Waals surface area contributed by atoms with Gasteiger partial charge in [0.1, 0.15) is 0 Å². The van der Waals surface area contributed by atoms with E-state index in [1.807, 2.05) is 41.2 Å². The summed E-state index contributed by atoms with van der Waals surface area (Å²) in [5.74, 6) is 0. The second kappa shape index (κ2) is 5.45. The van der Waals surface area contributed by atoms with E-state index < -0.39 is 0 Å². The molecule has 3 nitrogen and oxygen atoms in total. The van der Waals surface area contributed by atoms with E-state index in [4.69, 9.17) is 0 Å². The van der Waals surface area contributed by atoms with Gasteiger partial charge in [-0.25, -0.2) is 4.68 Å². The average molecular weight is 215 g/mol. The van der Waals surface area contributed by atoms with Crippen LogP contribution in [0.1, 0.15) is 31.9 Å². The van der Waals surface area contributed by atoms with Gasteiger partial charge in [-0.15, -0.1) is 5.10 Å². The molecule has 0 N–H and O–H groups in total. The molecule has 0 aliphatic carbocycles. The average Bonchev–Trinajstić information content (AvgIpc) is 2.79. The van der Waals surface area contributed by atoms with Crippen LogP contribution in [0, 0.1) is 0 Å². The first kappa shape index (κ1) is 10.9. The van der Waals surface area contributed by atoms with Crippen LogP contribution in [0.2, 0.25) is 0 Å². The molecule has 0 aliphatic heterocycles. The van der Waals surface area contributed by atoms with E-state index in [2.05, 4.69) is 17.2 Å². The summed E-state index contributed by atoms with van der Waals surface area (Å²) in [7, 11) is 0. The number of hydrogen-bond donors (Lipinski definition) is 0. The first-order chi connectivity index (χ1) is 7.90. The molecule has 0 bridgehead atoms. The minimum atomic E-state index is 1.03. The fourth-order valence-electron chi connectivity index (χ4n) is 1.68. The number of unbranched alkanes of at least 4 members (excludes halogenated alkanes) is 2. The molecule has 0 fully saturated rings. The standard InChI is InChI=1S/C13H17N3/c1-2-3-5-8-12-11-16(15-14-12)13-9-6-4-7-10-13/h4,6-7,9-11H,2-3,5,8H2,1H3. The normalized spacial score (nSPS) is 10.6. The predicted molar refractivity (Wildman–Crippen MR) is 64.6 cm³/mol. The first-order valence-electron chi connectivity index (χ1n) is 5.87. The van der Waals surface area contributed by atoms with Crippen molar-refractivity contribution in [3.63, 3.8) is 0 Å². The molecular formula is C13H17N3. The summed E-state index contributed by atoms with van der Waals surface area (Å²) in [5.41, 5.74) is 2.15. The van der Waals surface area contributed by atoms with E-state index in [0.29, 0.717) is 0 Å². The fraction of sp³-hybridized carbons (Fsp3) is 0.385. The number of para-hydroxylation sites is 1. The smallest absolute Gasteiger partial charge is 0.0831 e. The second-order valence-electron chi connectivity index (χ2n) is 3.95. The maximum atomic E-state index is 4.18. The molecule has 1 aromatic heterocycles. The Kier molecular flexibility index (Phi) is 3.70. The fourth-order valence-corrected chi connectivity index (χ4v) is 1.68. The Morgan fingerprint density at radius 1 is 1.12 bits per heavy atom. The summed E-state index contributed by atoms with van der Waals surface area (Å²) in [6.07, 6.45) is 6.75. The van der Waals surface area contributed by atoms with Gasteiger partial charge < -0.3 is 0 Å². The van der Waals surface area contributed by atoms with Gasteiger partial charge in [0.25, 0.3) is 0 Å². The van der Waals surface area contributed by atoms with E-state index in [1.165, 1.54) is 19.3 Å². The molecule has 0 radical (unpaired) electrons. The topological polar surface area (TPSA) is 30.7 Å². The minimum absolute atomic E-state index is 1.03. The molecular weight excluding hydrogens is 198 g/mol. The third-order valence-corrected chi connectivity index (χ3v) is 2.60. The molecule has 2 rings (SSSR count). The zero-order valence-electron chi connectivity index (χ0n) is 9.63. The summed E-state index contributed by atoms with van der Waals surface area (Å²) in [4.78, 5) is 0. The van der Waals surface area contributed by atoms with Crippen LogP contribution >= 0.6 is 0 Å². The van der Waals surface area contributed by atoms with Crippen molar-refractivity contribution in [2.45, 2.75) is 32.6 Å². The monoisotopic (exact) mass is 215 g/mol. The van der Waals surface area contributed by atoms with Gasteiger partial charge in [-0.2, -0.15) is 0 Å². The summed E-state index contributed by atoms with van der Waals surface area (Å²) in [5, 5.41) is 8.31. The van der Waals surface area contributed by atoms with Gasteiger partial charge >= 0.3 is 0 Å². The van der Waals surface area contributed by atoms with Crippen LogP contribution in [0.3, 0.4) is 0 Å². The maximum absolute atomic E-state index is 4.18. The van der Waals surface area contributed by atoms with Crippen molar-refractivity contribution in [3.8, 4) is 5.69 Å². The van der Waals surface area contributed by atoms with Crippen LogP contribution in [-0.2, 0) is 6.42 Å². The highest BCUT2D eigenvalue weighted by atomic mass is 15.4. The van der Waals surface area contributed by atoms with Gasteiger partial charge in [-0.1, -0.05) is 43.2 Å². The highest BCUT2D eigenvalue weighted by molar-refractivity contribution is 5.29. The van der Waals surface area contributed by atoms with Crippen molar-refractivity contribution >= 4 is 0 Å². The lowest BCUT2D eigenvalue weighted by atomic mass is 10.2. The molecule has 0 unspecified atom stereocenters. The zero-order chi connectivity index (χ0) is 11.2. The molecule has 2 aromatic rings. The lowest BCUT2D eigenvalue weighted by Crippen LogP contribution is -1.93. The van der Waals surface area contributed by atoms with Crippen molar-refractivity contribution in [2.24, 2.45) is 0 Å². The Labute approximate surface area is 96.1 Å². The van der Waals surface area contributed by atoms with Crippen molar-refractivity contribution in [2.75, 3.05) is 0 Å². The van der Waals surface area contributed by atoms with Crippen molar-refractivity contribution in [3.05, 3.63) is 42.2 Å². The third kappa shape index (κ3) is 2.69. The molecule has 1 heterocycles. The quantitative estimate of drug-likeness (QED) is 0.718. The van der Waals surface area contributed by atoms with Crippen LogP contribution in [-0.4, -0.2) is 15.0 Å². The Hall–Kier alpha value is -1.64. The highest BCUT2D eigenvalue weighted by Gasteiger charge is 2.01. The van der Waals surface area contributed by atoms with Crippen LogP contribution in [0.15, 0.2) is 36.5 Å². The lowest BCUT2D eigenvalue weighted by Gasteiger charge is -1.97. The number of hydrogen-bond acceptors (Lipinski definition) is 2. The number of benzene rings is 1. The van der Waals surface area contributed by atoms with E-state index in [1.54, 1.807) is 0 Å². The van der Waals surface area contributed by atoms with Gasteiger partial charge in [-0.3, -0.25) is 0 Å². The van der Waals surface area contributed by atoms with Gasteiger partial charge in [0.2, 0.25) is 0 Å². The van der Waals surface area contributed by atoms with E-state index in [0.717, 1.165) is 17.8 Å². The lowest BCUT2D eigenvalue weighted by molar-refractivity contribution is 0.704.